The molecule has 0 heterocycles. The number of nitrogens with one attached hydrogen (secondary N) is 1. The first-order valence-electron chi connectivity index (χ1n) is 5.91. The highest BCUT2D eigenvalue weighted by atomic mass is 79.9. The van der Waals surface area contributed by atoms with Crippen LogP contribution < -0.4 is 5.32 Å². The summed E-state index contributed by atoms with van der Waals surface area (Å²) in [5.41, 5.74) is -0.526. The minimum absolute atomic E-state index is 0.0973. The molecule has 2 nitrogen and oxygen atoms in total. The van der Waals surface area contributed by atoms with Gasteiger partial charge in [-0.1, -0.05) is 35.7 Å². The van der Waals surface area contributed by atoms with E-state index in [0.717, 1.165) is 31.4 Å². The number of benzene rings is 1. The molecule has 0 saturated carbocycles. The van der Waals surface area contributed by atoms with Crippen LogP contribution in [0.15, 0.2) is 16.6 Å². The summed E-state index contributed by atoms with van der Waals surface area (Å²) >= 11 is 2.97. The van der Waals surface area contributed by atoms with E-state index in [0.29, 0.717) is 0 Å². The lowest BCUT2D eigenvalue weighted by Gasteiger charge is -2.14. The number of halogens is 3. The van der Waals surface area contributed by atoms with Gasteiger partial charge in [-0.15, -0.1) is 0 Å². The van der Waals surface area contributed by atoms with E-state index in [2.05, 4.69) is 21.2 Å². The van der Waals surface area contributed by atoms with Gasteiger partial charge in [-0.2, -0.15) is 0 Å². The molecular weight excluding hydrogens is 304 g/mol. The van der Waals surface area contributed by atoms with Crippen LogP contribution in [0.2, 0.25) is 0 Å². The van der Waals surface area contributed by atoms with Crippen LogP contribution in [0.25, 0.3) is 0 Å². The molecule has 0 aliphatic rings. The fourth-order valence-corrected chi connectivity index (χ4v) is 2.04. The number of unbranched alkanes of at least 4 members (excludes halogenated alkanes) is 1. The molecule has 0 aromatic heterocycles. The van der Waals surface area contributed by atoms with Crippen molar-refractivity contribution in [2.45, 2.75) is 39.2 Å². The highest BCUT2D eigenvalue weighted by molar-refractivity contribution is 9.10. The van der Waals surface area contributed by atoms with Crippen LogP contribution in [0.3, 0.4) is 0 Å². The normalized spacial score (nSPS) is 12.3. The third-order valence-corrected chi connectivity index (χ3v) is 3.06. The summed E-state index contributed by atoms with van der Waals surface area (Å²) in [4.78, 5) is 11.8. The second kappa shape index (κ2) is 6.83. The lowest BCUT2D eigenvalue weighted by atomic mass is 10.1. The molecule has 0 spiro atoms. The first kappa shape index (κ1) is 15.1. The van der Waals surface area contributed by atoms with Crippen LogP contribution in [0.5, 0.6) is 0 Å². The zero-order chi connectivity index (χ0) is 13.7. The summed E-state index contributed by atoms with van der Waals surface area (Å²) < 4.78 is 27.3. The van der Waals surface area contributed by atoms with Crippen LogP contribution >= 0.6 is 15.9 Å². The van der Waals surface area contributed by atoms with E-state index in [1.54, 1.807) is 0 Å². The summed E-state index contributed by atoms with van der Waals surface area (Å²) in [5, 5.41) is 2.60. The van der Waals surface area contributed by atoms with Gasteiger partial charge in [0, 0.05) is 10.5 Å². The first-order chi connectivity index (χ1) is 8.45. The second-order valence-electron chi connectivity index (χ2n) is 4.26. The molecule has 1 unspecified atom stereocenters. The molecule has 0 fully saturated rings. The molecule has 100 valence electrons. The van der Waals surface area contributed by atoms with Crippen molar-refractivity contribution in [3.05, 3.63) is 33.8 Å². The van der Waals surface area contributed by atoms with E-state index in [-0.39, 0.29) is 10.5 Å². The molecule has 1 rings (SSSR count). The lowest BCUT2D eigenvalue weighted by molar-refractivity contribution is 0.0929. The summed E-state index contributed by atoms with van der Waals surface area (Å²) in [5.74, 6) is -2.43. The molecule has 0 bridgehead atoms. The van der Waals surface area contributed by atoms with Crippen LogP contribution in [0.4, 0.5) is 8.78 Å². The van der Waals surface area contributed by atoms with Crippen molar-refractivity contribution in [3.63, 3.8) is 0 Å². The standard InChI is InChI=1S/C13H16BrF2NO/c1-3-4-5-8(2)17-13(18)12-10(15)6-9(14)7-11(12)16/h6-8H,3-5H2,1-2H3,(H,17,18). The minimum atomic E-state index is -0.859. The highest BCUT2D eigenvalue weighted by Gasteiger charge is 2.19. The SMILES string of the molecule is CCCCC(C)NC(=O)c1c(F)cc(Br)cc1F. The molecule has 0 radical (unpaired) electrons. The van der Waals surface area contributed by atoms with E-state index in [1.165, 1.54) is 0 Å². The average Bonchev–Trinajstić information content (AvgIpc) is 2.24. The predicted octanol–water partition coefficient (Wildman–Crippen LogP) is 4.04. The van der Waals surface area contributed by atoms with Gasteiger partial charge in [0.2, 0.25) is 0 Å². The fraction of sp³-hybridized carbons (Fsp3) is 0.462. The average molecular weight is 320 g/mol. The zero-order valence-corrected chi connectivity index (χ0v) is 12.0. The largest absolute Gasteiger partial charge is 0.349 e. The van der Waals surface area contributed by atoms with Crippen molar-refractivity contribution in [3.8, 4) is 0 Å². The maximum atomic E-state index is 13.5. The molecule has 1 amide bonds. The van der Waals surface area contributed by atoms with Gasteiger partial charge in [0.05, 0.1) is 0 Å². The molecule has 18 heavy (non-hydrogen) atoms. The molecule has 5 heteroatoms. The summed E-state index contributed by atoms with van der Waals surface area (Å²) in [6.45, 7) is 3.87. The van der Waals surface area contributed by atoms with Gasteiger partial charge < -0.3 is 5.32 Å². The molecule has 0 aliphatic heterocycles. The lowest BCUT2D eigenvalue weighted by Crippen LogP contribution is -2.33. The second-order valence-corrected chi connectivity index (χ2v) is 5.18. The molecule has 0 saturated heterocycles. The van der Waals surface area contributed by atoms with Gasteiger partial charge in [-0.25, -0.2) is 8.78 Å². The summed E-state index contributed by atoms with van der Waals surface area (Å²) in [6.07, 6.45) is 2.77. The first-order valence-corrected chi connectivity index (χ1v) is 6.70. The summed E-state index contributed by atoms with van der Waals surface area (Å²) in [6, 6.07) is 2.06. The molecule has 0 aliphatic carbocycles. The van der Waals surface area contributed by atoms with Gasteiger partial charge >= 0.3 is 0 Å². The Hall–Kier alpha value is -0.970. The van der Waals surface area contributed by atoms with Crippen molar-refractivity contribution in [1.82, 2.24) is 5.32 Å². The topological polar surface area (TPSA) is 29.1 Å². The number of amides is 1. The number of carbonyl (C=O) groups is 1. The minimum Gasteiger partial charge on any atom is -0.349 e. The van der Waals surface area contributed by atoms with E-state index < -0.39 is 23.1 Å². The van der Waals surface area contributed by atoms with Crippen LogP contribution in [0.1, 0.15) is 43.5 Å². The molecular formula is C13H16BrF2NO. The molecule has 1 N–H and O–H groups in total. The van der Waals surface area contributed by atoms with E-state index in [4.69, 9.17) is 0 Å². The Bertz CT molecular complexity index is 414. The van der Waals surface area contributed by atoms with Crippen LogP contribution in [-0.2, 0) is 0 Å². The van der Waals surface area contributed by atoms with Gasteiger partial charge in [0.15, 0.2) is 0 Å². The van der Waals surface area contributed by atoms with E-state index in [1.807, 2.05) is 13.8 Å². The van der Waals surface area contributed by atoms with Gasteiger partial charge in [-0.05, 0) is 25.5 Å². The fourth-order valence-electron chi connectivity index (χ4n) is 1.64. The number of rotatable bonds is 5. The quantitative estimate of drug-likeness (QED) is 0.872. The maximum Gasteiger partial charge on any atom is 0.257 e. The Balaban J connectivity index is 2.78. The Kier molecular flexibility index (Phi) is 5.72. The smallest absolute Gasteiger partial charge is 0.257 e. The molecule has 1 aromatic rings. The number of carbonyl (C=O) groups excluding carboxylic acids is 1. The van der Waals surface area contributed by atoms with Crippen molar-refractivity contribution >= 4 is 21.8 Å². The van der Waals surface area contributed by atoms with Gasteiger partial charge in [0.1, 0.15) is 17.2 Å². The predicted molar refractivity (Wildman–Crippen MR) is 70.5 cm³/mol. The summed E-state index contributed by atoms with van der Waals surface area (Å²) in [7, 11) is 0. The third-order valence-electron chi connectivity index (χ3n) is 2.60. The Labute approximate surface area is 114 Å². The Morgan fingerprint density at radius 3 is 2.44 bits per heavy atom. The van der Waals surface area contributed by atoms with Crippen molar-refractivity contribution in [1.29, 1.82) is 0 Å². The van der Waals surface area contributed by atoms with Crippen molar-refractivity contribution < 1.29 is 13.6 Å². The van der Waals surface area contributed by atoms with Crippen LogP contribution in [0, 0.1) is 11.6 Å². The number of hydrogen-bond donors (Lipinski definition) is 1. The third kappa shape index (κ3) is 4.05. The highest BCUT2D eigenvalue weighted by Crippen LogP contribution is 2.19. The zero-order valence-electron chi connectivity index (χ0n) is 10.4. The van der Waals surface area contributed by atoms with Crippen molar-refractivity contribution in [2.24, 2.45) is 0 Å². The van der Waals surface area contributed by atoms with Crippen molar-refractivity contribution in [2.75, 3.05) is 0 Å². The Morgan fingerprint density at radius 1 is 1.39 bits per heavy atom. The molecule has 1 atom stereocenters. The molecule has 1 aromatic carbocycles. The van der Waals surface area contributed by atoms with E-state index in [9.17, 15) is 13.6 Å². The van der Waals surface area contributed by atoms with Crippen LogP contribution in [-0.4, -0.2) is 11.9 Å². The van der Waals surface area contributed by atoms with E-state index >= 15 is 0 Å². The van der Waals surface area contributed by atoms with Gasteiger partial charge in [-0.3, -0.25) is 4.79 Å². The maximum absolute atomic E-state index is 13.5. The number of hydrogen-bond acceptors (Lipinski definition) is 1. The monoisotopic (exact) mass is 319 g/mol. The van der Waals surface area contributed by atoms with Gasteiger partial charge in [0.25, 0.3) is 5.91 Å². The Morgan fingerprint density at radius 2 is 1.94 bits per heavy atom.